The molecule has 1 aromatic heterocycles. The Morgan fingerprint density at radius 2 is 2.00 bits per heavy atom. The Balaban J connectivity index is 1.91. The summed E-state index contributed by atoms with van der Waals surface area (Å²) in [5, 5.41) is 3.54. The highest BCUT2D eigenvalue weighted by Gasteiger charge is 2.27. The van der Waals surface area contributed by atoms with Crippen molar-refractivity contribution in [3.05, 3.63) is 41.5 Å². The molecule has 20 heavy (non-hydrogen) atoms. The Hall–Kier alpha value is -2.09. The lowest BCUT2D eigenvalue weighted by molar-refractivity contribution is -0.177. The number of nitrogens with two attached hydrogens (primary N) is 1. The minimum Gasteiger partial charge on any atom is -0.398 e. The highest BCUT2D eigenvalue weighted by atomic mass is 19.4. The van der Waals surface area contributed by atoms with E-state index >= 15 is 0 Å². The third-order valence-corrected chi connectivity index (χ3v) is 2.40. The molecule has 0 unspecified atom stereocenters. The summed E-state index contributed by atoms with van der Waals surface area (Å²) in [5.41, 5.74) is 7.15. The van der Waals surface area contributed by atoms with E-state index in [1.807, 2.05) is 6.07 Å². The zero-order valence-corrected chi connectivity index (χ0v) is 10.4. The quantitative estimate of drug-likeness (QED) is 0.854. The molecule has 0 fully saturated rings. The lowest BCUT2D eigenvalue weighted by Crippen LogP contribution is -2.16. The molecule has 8 heteroatoms. The van der Waals surface area contributed by atoms with Crippen LogP contribution in [0.4, 0.5) is 18.9 Å². The fraction of sp³-hybridized carbons (Fsp3) is 0.333. The average Bonchev–Trinajstić information content (AvgIpc) is 2.78. The third-order valence-electron chi connectivity index (χ3n) is 2.40. The number of nitrogens with zero attached hydrogens (tertiary/aromatic N) is 2. The second-order valence-corrected chi connectivity index (χ2v) is 4.09. The number of ether oxygens (including phenoxy) is 1. The van der Waals surface area contributed by atoms with E-state index in [0.29, 0.717) is 12.1 Å². The minimum absolute atomic E-state index is 0.0683. The predicted molar refractivity (Wildman–Crippen MR) is 63.7 cm³/mol. The van der Waals surface area contributed by atoms with Gasteiger partial charge in [-0.05, 0) is 11.6 Å². The maximum atomic E-state index is 11.9. The lowest BCUT2D eigenvalue weighted by atomic mass is 10.1. The fourth-order valence-corrected chi connectivity index (χ4v) is 1.54. The van der Waals surface area contributed by atoms with Crippen molar-refractivity contribution >= 4 is 5.69 Å². The number of aromatic nitrogens is 2. The van der Waals surface area contributed by atoms with Crippen molar-refractivity contribution in [3.8, 4) is 0 Å². The Morgan fingerprint density at radius 1 is 1.25 bits per heavy atom. The van der Waals surface area contributed by atoms with E-state index in [4.69, 9.17) is 10.3 Å². The summed E-state index contributed by atoms with van der Waals surface area (Å²) >= 11 is 0. The number of nitrogen functional groups attached to an aromatic ring is 1. The van der Waals surface area contributed by atoms with Gasteiger partial charge in [0.15, 0.2) is 5.82 Å². The first kappa shape index (κ1) is 14.3. The Labute approximate surface area is 112 Å². The molecule has 0 aliphatic heterocycles. The van der Waals surface area contributed by atoms with Gasteiger partial charge in [-0.25, -0.2) is 0 Å². The van der Waals surface area contributed by atoms with Gasteiger partial charge >= 0.3 is 6.18 Å². The largest absolute Gasteiger partial charge is 0.411 e. The molecule has 0 saturated heterocycles. The van der Waals surface area contributed by atoms with Gasteiger partial charge in [0.1, 0.15) is 13.2 Å². The van der Waals surface area contributed by atoms with Crippen molar-refractivity contribution in [3.63, 3.8) is 0 Å². The van der Waals surface area contributed by atoms with Gasteiger partial charge in [-0.3, -0.25) is 0 Å². The number of halogens is 3. The summed E-state index contributed by atoms with van der Waals surface area (Å²) in [5.74, 6) is 0.340. The van der Waals surface area contributed by atoms with E-state index in [1.165, 1.54) is 0 Å². The number of anilines is 1. The Kier molecular flexibility index (Phi) is 4.23. The highest BCUT2D eigenvalue weighted by Crippen LogP contribution is 2.16. The van der Waals surface area contributed by atoms with Crippen LogP contribution in [0.1, 0.15) is 17.3 Å². The molecule has 0 bridgehead atoms. The molecule has 0 saturated carbocycles. The monoisotopic (exact) mass is 287 g/mol. The molecule has 1 heterocycles. The van der Waals surface area contributed by atoms with Crippen LogP contribution in [0.2, 0.25) is 0 Å². The van der Waals surface area contributed by atoms with Crippen LogP contribution in [0, 0.1) is 0 Å². The summed E-state index contributed by atoms with van der Waals surface area (Å²) in [6.45, 7) is -1.70. The number of benzene rings is 1. The van der Waals surface area contributed by atoms with Gasteiger partial charge in [0.25, 0.3) is 0 Å². The summed E-state index contributed by atoms with van der Waals surface area (Å²) in [6.07, 6.45) is -4.05. The standard InChI is InChI=1S/C12H12F3N3O2/c13-12(14,15)7-19-6-10-17-11(20-18-10)5-8-3-1-2-4-9(8)16/h1-4H,5-7,16H2. The first-order valence-corrected chi connectivity index (χ1v) is 5.73. The van der Waals surface area contributed by atoms with E-state index in [1.54, 1.807) is 18.2 Å². The van der Waals surface area contributed by atoms with Crippen LogP contribution < -0.4 is 5.73 Å². The number of rotatable bonds is 5. The second kappa shape index (κ2) is 5.91. The maximum absolute atomic E-state index is 11.9. The summed E-state index contributed by atoms with van der Waals surface area (Å²) < 4.78 is 45.0. The highest BCUT2D eigenvalue weighted by molar-refractivity contribution is 5.47. The lowest BCUT2D eigenvalue weighted by Gasteiger charge is -2.04. The molecule has 2 aromatic rings. The molecule has 1 aromatic carbocycles. The number of hydrogen-bond acceptors (Lipinski definition) is 5. The first-order valence-electron chi connectivity index (χ1n) is 5.73. The maximum Gasteiger partial charge on any atom is 0.411 e. The number of hydrogen-bond donors (Lipinski definition) is 1. The zero-order chi connectivity index (χ0) is 14.6. The first-order chi connectivity index (χ1) is 9.44. The summed E-state index contributed by atoms with van der Waals surface area (Å²) in [6, 6.07) is 7.15. The van der Waals surface area contributed by atoms with Crippen LogP contribution >= 0.6 is 0 Å². The van der Waals surface area contributed by atoms with Gasteiger partial charge in [-0.2, -0.15) is 18.2 Å². The molecule has 0 atom stereocenters. The van der Waals surface area contributed by atoms with Crippen molar-refractivity contribution in [2.24, 2.45) is 0 Å². The Morgan fingerprint density at radius 3 is 2.70 bits per heavy atom. The molecule has 0 radical (unpaired) electrons. The smallest absolute Gasteiger partial charge is 0.398 e. The van der Waals surface area contributed by atoms with Crippen LogP contribution in [0.3, 0.4) is 0 Å². The van der Waals surface area contributed by atoms with Gasteiger partial charge in [0, 0.05) is 5.69 Å². The minimum atomic E-state index is -4.37. The molecular formula is C12H12F3N3O2. The van der Waals surface area contributed by atoms with Crippen LogP contribution in [-0.2, 0) is 17.8 Å². The molecule has 0 aliphatic carbocycles. The molecule has 0 aliphatic rings. The molecule has 5 nitrogen and oxygen atoms in total. The van der Waals surface area contributed by atoms with Crippen molar-refractivity contribution in [2.75, 3.05) is 12.3 Å². The normalized spacial score (nSPS) is 11.8. The topological polar surface area (TPSA) is 74.2 Å². The van der Waals surface area contributed by atoms with Gasteiger partial charge < -0.3 is 15.0 Å². The van der Waals surface area contributed by atoms with Gasteiger partial charge in [0.2, 0.25) is 5.89 Å². The second-order valence-electron chi connectivity index (χ2n) is 4.09. The molecular weight excluding hydrogens is 275 g/mol. The SMILES string of the molecule is Nc1ccccc1Cc1nc(COCC(F)(F)F)no1. The molecule has 0 spiro atoms. The average molecular weight is 287 g/mol. The molecule has 2 N–H and O–H groups in total. The van der Waals surface area contributed by atoms with Crippen LogP contribution in [0.15, 0.2) is 28.8 Å². The van der Waals surface area contributed by atoms with Crippen LogP contribution in [0.25, 0.3) is 0 Å². The molecule has 0 amide bonds. The third kappa shape index (κ3) is 4.23. The molecule has 2 rings (SSSR count). The van der Waals surface area contributed by atoms with Crippen molar-refractivity contribution in [1.82, 2.24) is 10.1 Å². The van der Waals surface area contributed by atoms with E-state index in [2.05, 4.69) is 14.9 Å². The van der Waals surface area contributed by atoms with Crippen molar-refractivity contribution < 1.29 is 22.4 Å². The van der Waals surface area contributed by atoms with Gasteiger partial charge in [-0.15, -0.1) is 0 Å². The van der Waals surface area contributed by atoms with Crippen LogP contribution in [-0.4, -0.2) is 22.9 Å². The van der Waals surface area contributed by atoms with Gasteiger partial charge in [0.05, 0.1) is 6.42 Å². The van der Waals surface area contributed by atoms with Gasteiger partial charge in [-0.1, -0.05) is 23.4 Å². The Bertz CT molecular complexity index is 569. The zero-order valence-electron chi connectivity index (χ0n) is 10.4. The van der Waals surface area contributed by atoms with E-state index < -0.39 is 12.8 Å². The van der Waals surface area contributed by atoms with Crippen molar-refractivity contribution in [2.45, 2.75) is 19.2 Å². The van der Waals surface area contributed by atoms with E-state index in [-0.39, 0.29) is 18.3 Å². The summed E-state index contributed by atoms with van der Waals surface area (Å²) in [7, 11) is 0. The van der Waals surface area contributed by atoms with Crippen molar-refractivity contribution in [1.29, 1.82) is 0 Å². The van der Waals surface area contributed by atoms with E-state index in [9.17, 15) is 13.2 Å². The summed E-state index contributed by atoms with van der Waals surface area (Å²) in [4.78, 5) is 3.94. The number of alkyl halides is 3. The van der Waals surface area contributed by atoms with E-state index in [0.717, 1.165) is 5.56 Å². The number of para-hydroxylation sites is 1. The predicted octanol–water partition coefficient (Wildman–Crippen LogP) is 2.32. The fourth-order valence-electron chi connectivity index (χ4n) is 1.54. The van der Waals surface area contributed by atoms with Crippen LogP contribution in [0.5, 0.6) is 0 Å². The molecule has 108 valence electrons.